The predicted octanol–water partition coefficient (Wildman–Crippen LogP) is 4.96. The maximum atomic E-state index is 12.6. The van der Waals surface area contributed by atoms with Crippen molar-refractivity contribution in [3.8, 4) is 17.1 Å². The van der Waals surface area contributed by atoms with Gasteiger partial charge in [0.2, 0.25) is 5.91 Å². The van der Waals surface area contributed by atoms with Gasteiger partial charge in [-0.05, 0) is 54.2 Å². The van der Waals surface area contributed by atoms with Crippen LogP contribution in [0, 0.1) is 4.77 Å². The number of aromatic nitrogens is 4. The Morgan fingerprint density at radius 1 is 1.29 bits per heavy atom. The lowest BCUT2D eigenvalue weighted by molar-refractivity contribution is -0.116. The molecule has 2 aromatic heterocycles. The number of methoxy groups -OCH3 is 1. The fraction of sp³-hybridized carbons (Fsp3) is 0.143. The molecule has 2 aromatic carbocycles. The molecule has 4 aromatic rings. The van der Waals surface area contributed by atoms with Crippen molar-refractivity contribution in [3.63, 3.8) is 0 Å². The molecule has 158 valence electrons. The van der Waals surface area contributed by atoms with Crippen LogP contribution < -0.4 is 10.1 Å². The summed E-state index contributed by atoms with van der Waals surface area (Å²) in [6.07, 6.45) is 2.45. The largest absolute Gasteiger partial charge is 0.497 e. The predicted molar refractivity (Wildman–Crippen MR) is 124 cm³/mol. The van der Waals surface area contributed by atoms with E-state index in [2.05, 4.69) is 20.5 Å². The third-order valence-electron chi connectivity index (χ3n) is 4.48. The van der Waals surface area contributed by atoms with Gasteiger partial charge in [-0.15, -0.1) is 11.3 Å². The van der Waals surface area contributed by atoms with Crippen LogP contribution >= 0.6 is 35.2 Å². The number of halogens is 1. The number of nitrogens with one attached hydrogen (secondary N) is 2. The molecule has 7 nitrogen and oxygen atoms in total. The topological polar surface area (TPSA) is 84.8 Å². The number of anilines is 1. The molecule has 0 saturated heterocycles. The molecule has 0 spiro atoms. The Balaban J connectivity index is 1.44. The molecule has 4 rings (SSSR count). The maximum Gasteiger partial charge on any atom is 0.246 e. The minimum Gasteiger partial charge on any atom is -0.497 e. The quantitative estimate of drug-likeness (QED) is 0.372. The normalized spacial score (nSPS) is 10.8. The van der Waals surface area contributed by atoms with Gasteiger partial charge in [0.15, 0.2) is 15.7 Å². The summed E-state index contributed by atoms with van der Waals surface area (Å²) in [7, 11) is 1.61. The maximum absolute atomic E-state index is 12.6. The lowest BCUT2D eigenvalue weighted by Crippen LogP contribution is -2.19. The van der Waals surface area contributed by atoms with Crippen LogP contribution in [0.2, 0.25) is 5.02 Å². The number of carbonyl (C=O) groups is 1. The number of hydrogen-bond donors (Lipinski definition) is 2. The summed E-state index contributed by atoms with van der Waals surface area (Å²) >= 11 is 12.8. The highest BCUT2D eigenvalue weighted by molar-refractivity contribution is 7.71. The zero-order valence-electron chi connectivity index (χ0n) is 16.5. The molecular weight excluding hydrogens is 454 g/mol. The second-order valence-corrected chi connectivity index (χ2v) is 8.59. The number of carbonyl (C=O) groups excluding carboxylic acids is 1. The van der Waals surface area contributed by atoms with E-state index >= 15 is 0 Å². The van der Waals surface area contributed by atoms with E-state index in [1.165, 1.54) is 11.3 Å². The minimum absolute atomic E-state index is 0.0138. The molecule has 31 heavy (non-hydrogen) atoms. The van der Waals surface area contributed by atoms with E-state index < -0.39 is 0 Å². The van der Waals surface area contributed by atoms with Gasteiger partial charge in [-0.1, -0.05) is 23.7 Å². The van der Waals surface area contributed by atoms with Crippen LogP contribution in [-0.4, -0.2) is 32.8 Å². The van der Waals surface area contributed by atoms with Gasteiger partial charge < -0.3 is 10.1 Å². The summed E-state index contributed by atoms with van der Waals surface area (Å²) in [5.74, 6) is 1.07. The van der Waals surface area contributed by atoms with Crippen molar-refractivity contribution >= 4 is 46.2 Å². The number of rotatable bonds is 7. The van der Waals surface area contributed by atoms with Crippen molar-refractivity contribution in [2.24, 2.45) is 0 Å². The second-order valence-electron chi connectivity index (χ2n) is 6.65. The summed E-state index contributed by atoms with van der Waals surface area (Å²) in [4.78, 5) is 18.0. The van der Waals surface area contributed by atoms with Crippen LogP contribution in [-0.2, 0) is 17.8 Å². The van der Waals surface area contributed by atoms with Crippen molar-refractivity contribution in [1.82, 2.24) is 19.7 Å². The molecular formula is C21H18ClN5O2S2. The number of ether oxygens (including phenoxy) is 1. The SMILES string of the molecule is COc1ccc(-c2n[nH]c(=S)n2CC(=O)Nc2ncc(Cc3cccc(Cl)c3)s2)cc1. The highest BCUT2D eigenvalue weighted by Crippen LogP contribution is 2.24. The first-order chi connectivity index (χ1) is 15.0. The van der Waals surface area contributed by atoms with E-state index in [-0.39, 0.29) is 12.5 Å². The monoisotopic (exact) mass is 471 g/mol. The number of aromatic amines is 1. The molecule has 2 N–H and O–H groups in total. The van der Waals surface area contributed by atoms with E-state index in [0.29, 0.717) is 27.2 Å². The van der Waals surface area contributed by atoms with E-state index in [1.807, 2.05) is 48.5 Å². The van der Waals surface area contributed by atoms with E-state index in [4.69, 9.17) is 28.6 Å². The summed E-state index contributed by atoms with van der Waals surface area (Å²) in [5, 5.41) is 11.1. The number of H-pyrrole nitrogens is 1. The van der Waals surface area contributed by atoms with Gasteiger partial charge in [0.1, 0.15) is 12.3 Å². The van der Waals surface area contributed by atoms with Crippen LogP contribution in [0.1, 0.15) is 10.4 Å². The van der Waals surface area contributed by atoms with Crippen LogP contribution in [0.5, 0.6) is 5.75 Å². The Kier molecular flexibility index (Phi) is 6.45. The molecule has 0 aliphatic heterocycles. The third-order valence-corrected chi connectivity index (χ3v) is 5.94. The average Bonchev–Trinajstić information content (AvgIpc) is 3.34. The average molecular weight is 472 g/mol. The lowest BCUT2D eigenvalue weighted by atomic mass is 10.1. The van der Waals surface area contributed by atoms with Crippen molar-refractivity contribution in [2.75, 3.05) is 12.4 Å². The minimum atomic E-state index is -0.240. The van der Waals surface area contributed by atoms with Gasteiger partial charge in [0.05, 0.1) is 7.11 Å². The molecule has 10 heteroatoms. The summed E-state index contributed by atoms with van der Waals surface area (Å²) < 4.78 is 7.19. The van der Waals surface area contributed by atoms with E-state index in [9.17, 15) is 4.79 Å². The van der Waals surface area contributed by atoms with Crippen LogP contribution in [0.4, 0.5) is 5.13 Å². The first-order valence-corrected chi connectivity index (χ1v) is 10.9. The molecule has 0 saturated carbocycles. The summed E-state index contributed by atoms with van der Waals surface area (Å²) in [5.41, 5.74) is 1.90. The molecule has 0 fully saturated rings. The Hall–Kier alpha value is -3.01. The fourth-order valence-corrected chi connectivity index (χ4v) is 4.29. The van der Waals surface area contributed by atoms with Crippen LogP contribution in [0.3, 0.4) is 0 Å². The smallest absolute Gasteiger partial charge is 0.246 e. The number of amides is 1. The summed E-state index contributed by atoms with van der Waals surface area (Å²) in [6, 6.07) is 15.1. The first-order valence-electron chi connectivity index (χ1n) is 9.30. The Morgan fingerprint density at radius 2 is 2.10 bits per heavy atom. The zero-order chi connectivity index (χ0) is 21.8. The Morgan fingerprint density at radius 3 is 2.84 bits per heavy atom. The molecule has 0 atom stereocenters. The molecule has 0 unspecified atom stereocenters. The number of nitrogens with zero attached hydrogens (tertiary/aromatic N) is 3. The van der Waals surface area contributed by atoms with Gasteiger partial charge in [-0.25, -0.2) is 4.98 Å². The molecule has 2 heterocycles. The van der Waals surface area contributed by atoms with Gasteiger partial charge in [0.25, 0.3) is 0 Å². The highest BCUT2D eigenvalue weighted by atomic mass is 35.5. The number of hydrogen-bond acceptors (Lipinski definition) is 6. The zero-order valence-corrected chi connectivity index (χ0v) is 18.9. The van der Waals surface area contributed by atoms with Crippen molar-refractivity contribution in [3.05, 3.63) is 75.0 Å². The van der Waals surface area contributed by atoms with Gasteiger partial charge in [-0.2, -0.15) is 5.10 Å². The fourth-order valence-electron chi connectivity index (χ4n) is 3.02. The first kappa shape index (κ1) is 21.2. The lowest BCUT2D eigenvalue weighted by Gasteiger charge is -2.07. The molecule has 0 aliphatic carbocycles. The van der Waals surface area contributed by atoms with Crippen molar-refractivity contribution < 1.29 is 9.53 Å². The highest BCUT2D eigenvalue weighted by Gasteiger charge is 2.14. The molecule has 0 aliphatic rings. The Bertz CT molecular complexity index is 1260. The molecule has 0 bridgehead atoms. The molecule has 1 amide bonds. The van der Waals surface area contributed by atoms with E-state index in [1.54, 1.807) is 17.9 Å². The van der Waals surface area contributed by atoms with Crippen molar-refractivity contribution in [1.29, 1.82) is 0 Å². The van der Waals surface area contributed by atoms with Crippen molar-refractivity contribution in [2.45, 2.75) is 13.0 Å². The number of benzene rings is 2. The number of thiazole rings is 1. The standard InChI is InChI=1S/C21H18ClN5O2S2/c1-29-16-7-5-14(6-8-16)19-25-26-21(30)27(19)12-18(28)24-20-23-11-17(31-20)10-13-3-2-4-15(22)9-13/h2-9,11H,10,12H2,1H3,(H,26,30)(H,23,24,28). The van der Waals surface area contributed by atoms with Gasteiger partial charge >= 0.3 is 0 Å². The van der Waals surface area contributed by atoms with Crippen LogP contribution in [0.25, 0.3) is 11.4 Å². The van der Waals surface area contributed by atoms with Gasteiger partial charge in [-0.3, -0.25) is 14.5 Å². The summed E-state index contributed by atoms with van der Waals surface area (Å²) in [6.45, 7) is 0.0138. The molecule has 0 radical (unpaired) electrons. The third kappa shape index (κ3) is 5.19. The van der Waals surface area contributed by atoms with E-state index in [0.717, 1.165) is 21.8 Å². The van der Waals surface area contributed by atoms with Gasteiger partial charge in [0, 0.05) is 28.1 Å². The van der Waals surface area contributed by atoms with Crippen LogP contribution in [0.15, 0.2) is 54.7 Å². The second kappa shape index (κ2) is 9.42. The Labute approximate surface area is 192 Å².